The molecule has 0 fully saturated rings. The number of amides is 1. The van der Waals surface area contributed by atoms with E-state index in [0.717, 1.165) is 12.1 Å². The van der Waals surface area contributed by atoms with Gasteiger partial charge in [0.1, 0.15) is 11.6 Å². The molecule has 0 bridgehead atoms. The molecule has 3 rings (SSSR count). The zero-order valence-corrected chi connectivity index (χ0v) is 11.2. The van der Waals surface area contributed by atoms with E-state index in [0.29, 0.717) is 5.56 Å². The second-order valence-corrected chi connectivity index (χ2v) is 4.73. The van der Waals surface area contributed by atoms with Gasteiger partial charge in [0.25, 0.3) is 5.91 Å². The summed E-state index contributed by atoms with van der Waals surface area (Å²) in [6.45, 7) is 0. The van der Waals surface area contributed by atoms with Crippen LogP contribution < -0.4 is 11.4 Å². The summed E-state index contributed by atoms with van der Waals surface area (Å²) < 4.78 is 18.7. The molecule has 0 aliphatic rings. The van der Waals surface area contributed by atoms with Crippen molar-refractivity contribution in [1.82, 2.24) is 0 Å². The lowest BCUT2D eigenvalue weighted by atomic mass is 10.0. The van der Waals surface area contributed by atoms with E-state index in [4.69, 9.17) is 10.2 Å². The zero-order valence-electron chi connectivity index (χ0n) is 11.2. The molecule has 0 atom stereocenters. The Kier molecular flexibility index (Phi) is 3.14. The van der Waals surface area contributed by atoms with Crippen molar-refractivity contribution in [3.8, 4) is 16.9 Å². The molecule has 3 N–H and O–H groups in total. The van der Waals surface area contributed by atoms with Gasteiger partial charge in [0.05, 0.1) is 11.1 Å². The predicted molar refractivity (Wildman–Crippen MR) is 78.1 cm³/mol. The maximum Gasteiger partial charge on any atom is 0.344 e. The van der Waals surface area contributed by atoms with Crippen LogP contribution in [0.5, 0.6) is 5.75 Å². The van der Waals surface area contributed by atoms with Crippen LogP contribution in [0.25, 0.3) is 22.1 Å². The quantitative estimate of drug-likeness (QED) is 0.710. The minimum atomic E-state index is -0.891. The summed E-state index contributed by atoms with van der Waals surface area (Å²) in [5.74, 6) is -1.58. The molecular formula is C16H10FNO4. The molecule has 0 unspecified atom stereocenters. The van der Waals surface area contributed by atoms with E-state index in [-0.39, 0.29) is 27.8 Å². The molecule has 0 aliphatic heterocycles. The summed E-state index contributed by atoms with van der Waals surface area (Å²) in [5.41, 5.74) is 4.75. The van der Waals surface area contributed by atoms with Crippen LogP contribution in [0.1, 0.15) is 10.4 Å². The first kappa shape index (κ1) is 13.8. The average molecular weight is 299 g/mol. The summed E-state index contributed by atoms with van der Waals surface area (Å²) in [7, 11) is 0. The van der Waals surface area contributed by atoms with Crippen molar-refractivity contribution >= 4 is 16.9 Å². The van der Waals surface area contributed by atoms with Crippen LogP contribution in [0.2, 0.25) is 0 Å². The number of halogens is 1. The number of carbonyl (C=O) groups is 1. The minimum Gasteiger partial charge on any atom is -0.508 e. The third-order valence-corrected chi connectivity index (χ3v) is 3.22. The molecule has 110 valence electrons. The van der Waals surface area contributed by atoms with E-state index < -0.39 is 17.3 Å². The number of benzene rings is 2. The van der Waals surface area contributed by atoms with Crippen molar-refractivity contribution in [2.75, 3.05) is 0 Å². The van der Waals surface area contributed by atoms with Crippen LogP contribution in [0.3, 0.4) is 0 Å². The van der Waals surface area contributed by atoms with Crippen molar-refractivity contribution in [3.63, 3.8) is 0 Å². The van der Waals surface area contributed by atoms with Crippen molar-refractivity contribution < 1.29 is 18.7 Å². The van der Waals surface area contributed by atoms with Gasteiger partial charge < -0.3 is 15.3 Å². The third kappa shape index (κ3) is 2.31. The van der Waals surface area contributed by atoms with E-state index in [1.54, 1.807) is 12.1 Å². The van der Waals surface area contributed by atoms with Gasteiger partial charge in [0.2, 0.25) is 0 Å². The van der Waals surface area contributed by atoms with Crippen LogP contribution in [0.15, 0.2) is 51.7 Å². The van der Waals surface area contributed by atoms with Crippen LogP contribution in [-0.2, 0) is 0 Å². The molecule has 6 heteroatoms. The molecule has 5 nitrogen and oxygen atoms in total. The molecule has 0 saturated carbocycles. The van der Waals surface area contributed by atoms with Gasteiger partial charge in [0, 0.05) is 5.39 Å². The van der Waals surface area contributed by atoms with Crippen molar-refractivity contribution in [2.24, 2.45) is 5.73 Å². The molecular weight excluding hydrogens is 289 g/mol. The minimum absolute atomic E-state index is 0.0194. The Morgan fingerprint density at radius 2 is 1.95 bits per heavy atom. The van der Waals surface area contributed by atoms with Gasteiger partial charge in [0.15, 0.2) is 5.58 Å². The SMILES string of the molecule is NC(=O)c1cc(F)cc2cc(-c3cccc(O)c3)c(=O)oc12. The summed E-state index contributed by atoms with van der Waals surface area (Å²) in [5, 5.41) is 9.71. The van der Waals surface area contributed by atoms with Gasteiger partial charge in [-0.2, -0.15) is 0 Å². The zero-order chi connectivity index (χ0) is 15.9. The Morgan fingerprint density at radius 3 is 2.64 bits per heavy atom. The predicted octanol–water partition coefficient (Wildman–Crippen LogP) is 2.40. The molecule has 1 heterocycles. The first-order valence-electron chi connectivity index (χ1n) is 6.32. The Balaban J connectivity index is 2.34. The lowest BCUT2D eigenvalue weighted by Crippen LogP contribution is -2.13. The highest BCUT2D eigenvalue weighted by molar-refractivity contribution is 6.04. The van der Waals surface area contributed by atoms with E-state index in [1.807, 2.05) is 0 Å². The Morgan fingerprint density at radius 1 is 1.18 bits per heavy atom. The number of phenols is 1. The van der Waals surface area contributed by atoms with E-state index >= 15 is 0 Å². The number of hydrogen-bond donors (Lipinski definition) is 2. The van der Waals surface area contributed by atoms with Gasteiger partial charge >= 0.3 is 5.63 Å². The molecule has 22 heavy (non-hydrogen) atoms. The number of fused-ring (bicyclic) bond motifs is 1. The van der Waals surface area contributed by atoms with E-state index in [2.05, 4.69) is 0 Å². The van der Waals surface area contributed by atoms with Gasteiger partial charge in [-0.3, -0.25) is 4.79 Å². The van der Waals surface area contributed by atoms with Gasteiger partial charge in [-0.1, -0.05) is 12.1 Å². The normalized spacial score (nSPS) is 10.8. The fourth-order valence-corrected chi connectivity index (χ4v) is 2.26. The highest BCUT2D eigenvalue weighted by Crippen LogP contribution is 2.26. The summed E-state index contributed by atoms with van der Waals surface area (Å²) >= 11 is 0. The Hall–Kier alpha value is -3.15. The number of primary amides is 1. The van der Waals surface area contributed by atoms with E-state index in [9.17, 15) is 19.1 Å². The molecule has 0 radical (unpaired) electrons. The number of aromatic hydroxyl groups is 1. The van der Waals surface area contributed by atoms with Crippen molar-refractivity contribution in [3.05, 3.63) is 64.3 Å². The maximum atomic E-state index is 13.6. The maximum absolute atomic E-state index is 13.6. The topological polar surface area (TPSA) is 93.5 Å². The third-order valence-electron chi connectivity index (χ3n) is 3.22. The molecule has 3 aromatic rings. The monoisotopic (exact) mass is 299 g/mol. The second-order valence-electron chi connectivity index (χ2n) is 4.73. The summed E-state index contributed by atoms with van der Waals surface area (Å²) in [6, 6.07) is 9.45. The van der Waals surface area contributed by atoms with Crippen molar-refractivity contribution in [1.29, 1.82) is 0 Å². The highest BCUT2D eigenvalue weighted by atomic mass is 19.1. The van der Waals surface area contributed by atoms with Crippen LogP contribution in [-0.4, -0.2) is 11.0 Å². The standard InChI is InChI=1S/C16H10FNO4/c17-10-4-9-6-12(8-2-1-3-11(19)5-8)16(21)22-14(9)13(7-10)15(18)20/h1-7,19H,(H2,18,20). The molecule has 1 amide bonds. The van der Waals surface area contributed by atoms with Gasteiger partial charge in [-0.25, -0.2) is 9.18 Å². The number of rotatable bonds is 2. The lowest BCUT2D eigenvalue weighted by Gasteiger charge is -2.06. The van der Waals surface area contributed by atoms with Crippen LogP contribution in [0.4, 0.5) is 4.39 Å². The molecule has 0 spiro atoms. The number of hydrogen-bond acceptors (Lipinski definition) is 4. The van der Waals surface area contributed by atoms with Crippen molar-refractivity contribution in [2.45, 2.75) is 0 Å². The number of phenolic OH excluding ortho intramolecular Hbond substituents is 1. The van der Waals surface area contributed by atoms with Gasteiger partial charge in [-0.15, -0.1) is 0 Å². The second kappa shape index (κ2) is 5.00. The van der Waals surface area contributed by atoms with E-state index in [1.165, 1.54) is 18.2 Å². The molecule has 1 aromatic heterocycles. The van der Waals surface area contributed by atoms with Crippen LogP contribution in [0, 0.1) is 5.82 Å². The first-order chi connectivity index (χ1) is 10.5. The molecule has 0 saturated heterocycles. The largest absolute Gasteiger partial charge is 0.508 e. The number of nitrogens with two attached hydrogens (primary N) is 1. The van der Waals surface area contributed by atoms with Crippen LogP contribution >= 0.6 is 0 Å². The fraction of sp³-hybridized carbons (Fsp3) is 0. The first-order valence-corrected chi connectivity index (χ1v) is 6.32. The summed E-state index contributed by atoms with van der Waals surface area (Å²) in [6.07, 6.45) is 0. The number of carbonyl (C=O) groups excluding carboxylic acids is 1. The molecule has 2 aromatic carbocycles. The fourth-order valence-electron chi connectivity index (χ4n) is 2.26. The lowest BCUT2D eigenvalue weighted by molar-refractivity contribution is 0.100. The molecule has 0 aliphatic carbocycles. The Labute approximate surface area is 123 Å². The Bertz CT molecular complexity index is 962. The highest BCUT2D eigenvalue weighted by Gasteiger charge is 2.15. The smallest absolute Gasteiger partial charge is 0.344 e. The van der Waals surface area contributed by atoms with Gasteiger partial charge in [-0.05, 0) is 35.9 Å². The summed E-state index contributed by atoms with van der Waals surface area (Å²) in [4.78, 5) is 23.4. The average Bonchev–Trinajstić information content (AvgIpc) is 2.46.